The van der Waals surface area contributed by atoms with Crippen LogP contribution in [-0.4, -0.2) is 18.3 Å². The van der Waals surface area contributed by atoms with Crippen LogP contribution < -0.4 is 5.43 Å². The molecule has 0 aliphatic carbocycles. The predicted molar refractivity (Wildman–Crippen MR) is 64.5 cm³/mol. The SMILES string of the molecule is CCOC(=O)/C(C)=N/Nc1ccc(C)cc1. The fourth-order valence-corrected chi connectivity index (χ4v) is 1.06. The molecule has 4 nitrogen and oxygen atoms in total. The number of hydrogen-bond acceptors (Lipinski definition) is 4. The molecule has 1 N–H and O–H groups in total. The Hall–Kier alpha value is -1.84. The lowest BCUT2D eigenvalue weighted by molar-refractivity contribution is -0.135. The molecule has 0 spiro atoms. The van der Waals surface area contributed by atoms with Gasteiger partial charge in [-0.25, -0.2) is 4.79 Å². The minimum atomic E-state index is -0.401. The molecule has 0 aliphatic heterocycles. The van der Waals surface area contributed by atoms with E-state index < -0.39 is 5.97 Å². The van der Waals surface area contributed by atoms with Gasteiger partial charge in [0.15, 0.2) is 0 Å². The summed E-state index contributed by atoms with van der Waals surface area (Å²) in [6.45, 7) is 5.74. The first-order chi connectivity index (χ1) is 7.63. The Bertz CT molecular complexity index is 383. The van der Waals surface area contributed by atoms with Crippen LogP contribution in [0.1, 0.15) is 19.4 Å². The third-order valence-corrected chi connectivity index (χ3v) is 1.98. The summed E-state index contributed by atoms with van der Waals surface area (Å²) >= 11 is 0. The van der Waals surface area contributed by atoms with E-state index in [1.807, 2.05) is 31.2 Å². The number of rotatable bonds is 4. The summed E-state index contributed by atoms with van der Waals surface area (Å²) in [5, 5.41) is 3.93. The minimum absolute atomic E-state index is 0.308. The topological polar surface area (TPSA) is 50.7 Å². The number of nitrogens with zero attached hydrogens (tertiary/aromatic N) is 1. The zero-order valence-corrected chi connectivity index (χ0v) is 9.78. The van der Waals surface area contributed by atoms with Crippen molar-refractivity contribution in [2.75, 3.05) is 12.0 Å². The molecule has 1 rings (SSSR count). The number of esters is 1. The van der Waals surface area contributed by atoms with Crippen LogP contribution in [0.4, 0.5) is 5.69 Å². The quantitative estimate of drug-likeness (QED) is 0.481. The molecular formula is C12H16N2O2. The van der Waals surface area contributed by atoms with Crippen molar-refractivity contribution in [2.45, 2.75) is 20.8 Å². The average Bonchev–Trinajstić information content (AvgIpc) is 2.28. The molecule has 0 unspecified atom stereocenters. The van der Waals surface area contributed by atoms with Crippen LogP contribution in [0.2, 0.25) is 0 Å². The van der Waals surface area contributed by atoms with Gasteiger partial charge in [0.2, 0.25) is 0 Å². The standard InChI is InChI=1S/C12H16N2O2/c1-4-16-12(15)10(3)13-14-11-7-5-9(2)6-8-11/h5-8,14H,4H2,1-3H3/b13-10+. The van der Waals surface area contributed by atoms with Crippen molar-refractivity contribution in [2.24, 2.45) is 5.10 Å². The molecule has 0 saturated carbocycles. The molecule has 4 heteroatoms. The second-order valence-corrected chi connectivity index (χ2v) is 3.40. The summed E-state index contributed by atoms with van der Waals surface area (Å²) in [6, 6.07) is 7.74. The highest BCUT2D eigenvalue weighted by atomic mass is 16.5. The fraction of sp³-hybridized carbons (Fsp3) is 0.333. The van der Waals surface area contributed by atoms with Gasteiger partial charge in [-0.05, 0) is 32.9 Å². The summed E-state index contributed by atoms with van der Waals surface area (Å²) in [5.74, 6) is -0.401. The van der Waals surface area contributed by atoms with Gasteiger partial charge in [-0.3, -0.25) is 5.43 Å². The van der Waals surface area contributed by atoms with Crippen molar-refractivity contribution in [1.82, 2.24) is 0 Å². The molecule has 1 aromatic rings. The van der Waals surface area contributed by atoms with Crippen LogP contribution >= 0.6 is 0 Å². The van der Waals surface area contributed by atoms with E-state index in [1.54, 1.807) is 13.8 Å². The number of carbonyl (C=O) groups excluding carboxylic acids is 1. The Balaban J connectivity index is 2.58. The molecule has 0 atom stereocenters. The monoisotopic (exact) mass is 220 g/mol. The third-order valence-electron chi connectivity index (χ3n) is 1.98. The number of anilines is 1. The summed E-state index contributed by atoms with van der Waals surface area (Å²) in [6.07, 6.45) is 0. The maximum Gasteiger partial charge on any atom is 0.354 e. The van der Waals surface area contributed by atoms with E-state index in [-0.39, 0.29) is 0 Å². The third kappa shape index (κ3) is 3.73. The molecule has 16 heavy (non-hydrogen) atoms. The van der Waals surface area contributed by atoms with E-state index >= 15 is 0 Å². The number of benzene rings is 1. The Labute approximate surface area is 95.3 Å². The molecule has 0 radical (unpaired) electrons. The van der Waals surface area contributed by atoms with Crippen molar-refractivity contribution >= 4 is 17.4 Å². The summed E-state index contributed by atoms with van der Waals surface area (Å²) < 4.78 is 4.80. The summed E-state index contributed by atoms with van der Waals surface area (Å²) in [5.41, 5.74) is 5.13. The number of carbonyl (C=O) groups is 1. The lowest BCUT2D eigenvalue weighted by atomic mass is 10.2. The molecule has 0 heterocycles. The maximum atomic E-state index is 11.2. The average molecular weight is 220 g/mol. The van der Waals surface area contributed by atoms with E-state index in [2.05, 4.69) is 10.5 Å². The van der Waals surface area contributed by atoms with Crippen LogP contribution in [0.15, 0.2) is 29.4 Å². The lowest BCUT2D eigenvalue weighted by Crippen LogP contribution is -2.15. The number of hydrazone groups is 1. The van der Waals surface area contributed by atoms with Crippen LogP contribution in [0.5, 0.6) is 0 Å². The Morgan fingerprint density at radius 3 is 2.56 bits per heavy atom. The second kappa shape index (κ2) is 5.90. The first-order valence-corrected chi connectivity index (χ1v) is 5.17. The zero-order chi connectivity index (χ0) is 12.0. The van der Waals surface area contributed by atoms with E-state index in [4.69, 9.17) is 4.74 Å². The molecule has 0 amide bonds. The van der Waals surface area contributed by atoms with Gasteiger partial charge in [-0.1, -0.05) is 17.7 Å². The minimum Gasteiger partial charge on any atom is -0.461 e. The molecule has 0 bridgehead atoms. The molecule has 1 aromatic carbocycles. The van der Waals surface area contributed by atoms with Crippen LogP contribution in [0, 0.1) is 6.92 Å². The van der Waals surface area contributed by atoms with Crippen LogP contribution in [-0.2, 0) is 9.53 Å². The van der Waals surface area contributed by atoms with E-state index in [0.717, 1.165) is 5.69 Å². The molecular weight excluding hydrogens is 204 g/mol. The smallest absolute Gasteiger partial charge is 0.354 e. The van der Waals surface area contributed by atoms with Gasteiger partial charge in [0.1, 0.15) is 5.71 Å². The van der Waals surface area contributed by atoms with Gasteiger partial charge in [0, 0.05) is 0 Å². The number of ether oxygens (including phenoxy) is 1. The van der Waals surface area contributed by atoms with Gasteiger partial charge in [0.05, 0.1) is 12.3 Å². The van der Waals surface area contributed by atoms with Crippen LogP contribution in [0.25, 0.3) is 0 Å². The maximum absolute atomic E-state index is 11.2. The lowest BCUT2D eigenvalue weighted by Gasteiger charge is -2.03. The fourth-order valence-electron chi connectivity index (χ4n) is 1.06. The highest BCUT2D eigenvalue weighted by Gasteiger charge is 2.05. The van der Waals surface area contributed by atoms with E-state index in [0.29, 0.717) is 12.3 Å². The van der Waals surface area contributed by atoms with Crippen molar-refractivity contribution in [3.8, 4) is 0 Å². The molecule has 86 valence electrons. The molecule has 0 aromatic heterocycles. The van der Waals surface area contributed by atoms with Crippen molar-refractivity contribution in [1.29, 1.82) is 0 Å². The molecule has 0 fully saturated rings. The summed E-state index contributed by atoms with van der Waals surface area (Å²) in [4.78, 5) is 11.2. The zero-order valence-electron chi connectivity index (χ0n) is 9.78. The second-order valence-electron chi connectivity index (χ2n) is 3.40. The van der Waals surface area contributed by atoms with Gasteiger partial charge in [0.25, 0.3) is 0 Å². The first-order valence-electron chi connectivity index (χ1n) is 5.17. The number of aryl methyl sites for hydroxylation is 1. The molecule has 0 saturated heterocycles. The highest BCUT2D eigenvalue weighted by Crippen LogP contribution is 2.08. The summed E-state index contributed by atoms with van der Waals surface area (Å²) in [7, 11) is 0. The highest BCUT2D eigenvalue weighted by molar-refractivity contribution is 6.35. The van der Waals surface area contributed by atoms with E-state index in [1.165, 1.54) is 5.56 Å². The van der Waals surface area contributed by atoms with Crippen molar-refractivity contribution < 1.29 is 9.53 Å². The number of nitrogens with one attached hydrogen (secondary N) is 1. The van der Waals surface area contributed by atoms with Crippen molar-refractivity contribution in [3.05, 3.63) is 29.8 Å². The van der Waals surface area contributed by atoms with Gasteiger partial charge < -0.3 is 4.74 Å². The van der Waals surface area contributed by atoms with E-state index in [9.17, 15) is 4.79 Å². The predicted octanol–water partition coefficient (Wildman–Crippen LogP) is 2.35. The largest absolute Gasteiger partial charge is 0.461 e. The van der Waals surface area contributed by atoms with Gasteiger partial charge in [-0.15, -0.1) is 0 Å². The Kier molecular flexibility index (Phi) is 4.51. The van der Waals surface area contributed by atoms with Gasteiger partial charge >= 0.3 is 5.97 Å². The molecule has 0 aliphatic rings. The van der Waals surface area contributed by atoms with Gasteiger partial charge in [-0.2, -0.15) is 5.10 Å². The normalized spacial score (nSPS) is 11.1. The Morgan fingerprint density at radius 1 is 1.38 bits per heavy atom. The van der Waals surface area contributed by atoms with Crippen LogP contribution in [0.3, 0.4) is 0 Å². The van der Waals surface area contributed by atoms with Crippen molar-refractivity contribution in [3.63, 3.8) is 0 Å². The first kappa shape index (κ1) is 12.2. The Morgan fingerprint density at radius 2 is 2.00 bits per heavy atom. The number of hydrogen-bond donors (Lipinski definition) is 1.